The summed E-state index contributed by atoms with van der Waals surface area (Å²) in [5.74, 6) is 0. The zero-order chi connectivity index (χ0) is 17.9. The minimum atomic E-state index is -3.53. The predicted molar refractivity (Wildman–Crippen MR) is 101 cm³/mol. The van der Waals surface area contributed by atoms with Crippen LogP contribution in [0.5, 0.6) is 0 Å². The van der Waals surface area contributed by atoms with Gasteiger partial charge in [0.05, 0.1) is 5.02 Å². The van der Waals surface area contributed by atoms with Crippen molar-refractivity contribution in [1.82, 2.24) is 9.21 Å². The molecule has 6 heteroatoms. The first-order valence-corrected chi connectivity index (χ1v) is 10.3. The molecule has 1 aliphatic rings. The van der Waals surface area contributed by atoms with Gasteiger partial charge in [0.1, 0.15) is 4.90 Å². The van der Waals surface area contributed by atoms with Crippen molar-refractivity contribution >= 4 is 21.6 Å². The molecule has 1 saturated heterocycles. The summed E-state index contributed by atoms with van der Waals surface area (Å²) in [5.41, 5.74) is 1.31. The first-order valence-electron chi connectivity index (χ1n) is 8.51. The highest BCUT2D eigenvalue weighted by Crippen LogP contribution is 2.25. The third kappa shape index (κ3) is 4.23. The van der Waals surface area contributed by atoms with Crippen molar-refractivity contribution in [2.75, 3.05) is 26.2 Å². The number of rotatable bonds is 5. The molecule has 0 aliphatic carbocycles. The van der Waals surface area contributed by atoms with E-state index < -0.39 is 10.0 Å². The van der Waals surface area contributed by atoms with Crippen molar-refractivity contribution < 1.29 is 8.42 Å². The fourth-order valence-electron chi connectivity index (χ4n) is 3.26. The van der Waals surface area contributed by atoms with Crippen LogP contribution in [-0.4, -0.2) is 49.8 Å². The second-order valence-corrected chi connectivity index (χ2v) is 8.72. The molecule has 0 saturated carbocycles. The van der Waals surface area contributed by atoms with Crippen molar-refractivity contribution in [3.63, 3.8) is 0 Å². The van der Waals surface area contributed by atoms with E-state index in [1.165, 1.54) is 5.56 Å². The lowest BCUT2D eigenvalue weighted by atomic mass is 10.1. The van der Waals surface area contributed by atoms with Gasteiger partial charge in [0, 0.05) is 32.2 Å². The molecule has 1 unspecified atom stereocenters. The van der Waals surface area contributed by atoms with E-state index in [0.29, 0.717) is 19.1 Å². The van der Waals surface area contributed by atoms with Crippen LogP contribution in [0.4, 0.5) is 0 Å². The van der Waals surface area contributed by atoms with Gasteiger partial charge in [0.25, 0.3) is 0 Å². The zero-order valence-electron chi connectivity index (χ0n) is 14.3. The topological polar surface area (TPSA) is 40.6 Å². The van der Waals surface area contributed by atoms with E-state index in [1.54, 1.807) is 28.6 Å². The molecule has 134 valence electrons. The molecule has 4 nitrogen and oxygen atoms in total. The van der Waals surface area contributed by atoms with Gasteiger partial charge in [-0.1, -0.05) is 54.1 Å². The SMILES string of the molecule is CC(Cc1ccccc1)N1CCN(S(=O)(=O)c2ccccc2Cl)CC1. The summed E-state index contributed by atoms with van der Waals surface area (Å²) < 4.78 is 27.1. The smallest absolute Gasteiger partial charge is 0.244 e. The van der Waals surface area contributed by atoms with Gasteiger partial charge < -0.3 is 0 Å². The number of benzene rings is 2. The normalized spacial score (nSPS) is 18.2. The average Bonchev–Trinajstić information content (AvgIpc) is 2.63. The summed E-state index contributed by atoms with van der Waals surface area (Å²) in [6.07, 6.45) is 0.970. The van der Waals surface area contributed by atoms with Gasteiger partial charge in [0.15, 0.2) is 0 Å². The number of halogens is 1. The van der Waals surface area contributed by atoms with Crippen LogP contribution in [0.2, 0.25) is 5.02 Å². The fourth-order valence-corrected chi connectivity index (χ4v) is 5.18. The molecule has 0 aromatic heterocycles. The Kier molecular flexibility index (Phi) is 5.79. The van der Waals surface area contributed by atoms with Gasteiger partial charge in [-0.25, -0.2) is 8.42 Å². The minimum Gasteiger partial charge on any atom is -0.298 e. The van der Waals surface area contributed by atoms with Crippen LogP contribution in [0.1, 0.15) is 12.5 Å². The molecular formula is C19H23ClN2O2S. The Morgan fingerprint density at radius 2 is 1.56 bits per heavy atom. The molecule has 0 N–H and O–H groups in total. The highest BCUT2D eigenvalue weighted by molar-refractivity contribution is 7.89. The highest BCUT2D eigenvalue weighted by Gasteiger charge is 2.31. The van der Waals surface area contributed by atoms with E-state index in [9.17, 15) is 8.42 Å². The first kappa shape index (κ1) is 18.4. The molecular weight excluding hydrogens is 356 g/mol. The second-order valence-electron chi connectivity index (χ2n) is 6.41. The maximum absolute atomic E-state index is 12.8. The number of hydrogen-bond donors (Lipinski definition) is 0. The van der Waals surface area contributed by atoms with E-state index in [2.05, 4.69) is 36.1 Å². The quantitative estimate of drug-likeness (QED) is 0.801. The Morgan fingerprint density at radius 3 is 2.20 bits per heavy atom. The van der Waals surface area contributed by atoms with Crippen LogP contribution in [0.3, 0.4) is 0 Å². The summed E-state index contributed by atoms with van der Waals surface area (Å²) in [7, 11) is -3.53. The van der Waals surface area contributed by atoms with E-state index in [4.69, 9.17) is 11.6 Å². The maximum Gasteiger partial charge on any atom is 0.244 e. The van der Waals surface area contributed by atoms with Crippen molar-refractivity contribution in [3.05, 3.63) is 65.2 Å². The van der Waals surface area contributed by atoms with Crippen LogP contribution in [0.15, 0.2) is 59.5 Å². The molecule has 1 atom stereocenters. The number of nitrogens with zero attached hydrogens (tertiary/aromatic N) is 2. The molecule has 0 radical (unpaired) electrons. The van der Waals surface area contributed by atoms with Gasteiger partial charge in [-0.05, 0) is 31.0 Å². The molecule has 1 fully saturated rings. The Hall–Kier alpha value is -1.40. The Labute approximate surface area is 155 Å². The van der Waals surface area contributed by atoms with Crippen LogP contribution < -0.4 is 0 Å². The van der Waals surface area contributed by atoms with Crippen molar-refractivity contribution in [2.24, 2.45) is 0 Å². The summed E-state index contributed by atoms with van der Waals surface area (Å²) in [4.78, 5) is 2.55. The maximum atomic E-state index is 12.8. The number of hydrogen-bond acceptors (Lipinski definition) is 3. The monoisotopic (exact) mass is 378 g/mol. The van der Waals surface area contributed by atoms with Gasteiger partial charge >= 0.3 is 0 Å². The summed E-state index contributed by atoms with van der Waals surface area (Å²) in [5, 5.41) is 0.280. The molecule has 2 aromatic rings. The van der Waals surface area contributed by atoms with Gasteiger partial charge in [-0.2, -0.15) is 4.31 Å². The summed E-state index contributed by atoms with van der Waals surface area (Å²) in [6, 6.07) is 17.4. The highest BCUT2D eigenvalue weighted by atomic mass is 35.5. The fraction of sp³-hybridized carbons (Fsp3) is 0.368. The van der Waals surface area contributed by atoms with Crippen molar-refractivity contribution in [2.45, 2.75) is 24.3 Å². The number of piperazine rings is 1. The summed E-state index contributed by atoms with van der Waals surface area (Å²) in [6.45, 7) is 4.65. The van der Waals surface area contributed by atoms with Crippen molar-refractivity contribution in [3.8, 4) is 0 Å². The zero-order valence-corrected chi connectivity index (χ0v) is 15.9. The molecule has 0 spiro atoms. The third-order valence-electron chi connectivity index (χ3n) is 4.72. The molecule has 0 bridgehead atoms. The largest absolute Gasteiger partial charge is 0.298 e. The van der Waals surface area contributed by atoms with Gasteiger partial charge in [-0.15, -0.1) is 0 Å². The van der Waals surface area contributed by atoms with Crippen LogP contribution >= 0.6 is 11.6 Å². The van der Waals surface area contributed by atoms with E-state index >= 15 is 0 Å². The minimum absolute atomic E-state index is 0.197. The molecule has 0 amide bonds. The molecule has 2 aromatic carbocycles. The first-order chi connectivity index (χ1) is 12.0. The Bertz CT molecular complexity index is 803. The molecule has 1 heterocycles. The van der Waals surface area contributed by atoms with E-state index in [0.717, 1.165) is 19.5 Å². The predicted octanol–water partition coefficient (Wildman–Crippen LogP) is 3.28. The average molecular weight is 379 g/mol. The second kappa shape index (κ2) is 7.87. The Morgan fingerprint density at radius 1 is 0.960 bits per heavy atom. The van der Waals surface area contributed by atoms with Crippen LogP contribution in [-0.2, 0) is 16.4 Å². The van der Waals surface area contributed by atoms with Crippen LogP contribution in [0.25, 0.3) is 0 Å². The third-order valence-corrected chi connectivity index (χ3v) is 7.12. The standard InChI is InChI=1S/C19H23ClN2O2S/c1-16(15-17-7-3-2-4-8-17)21-11-13-22(14-12-21)25(23,24)19-10-6-5-9-18(19)20/h2-10,16H,11-15H2,1H3. The van der Waals surface area contributed by atoms with E-state index in [-0.39, 0.29) is 9.92 Å². The van der Waals surface area contributed by atoms with Crippen LogP contribution in [0, 0.1) is 0 Å². The van der Waals surface area contributed by atoms with Gasteiger partial charge in [0.2, 0.25) is 10.0 Å². The summed E-state index contributed by atoms with van der Waals surface area (Å²) >= 11 is 6.08. The van der Waals surface area contributed by atoms with E-state index in [1.807, 2.05) is 6.07 Å². The molecule has 1 aliphatic heterocycles. The number of sulfonamides is 1. The molecule has 3 rings (SSSR count). The lowest BCUT2D eigenvalue weighted by Crippen LogP contribution is -2.51. The van der Waals surface area contributed by atoms with Crippen molar-refractivity contribution in [1.29, 1.82) is 0 Å². The Balaban J connectivity index is 1.63. The lowest BCUT2D eigenvalue weighted by Gasteiger charge is -2.37. The van der Waals surface area contributed by atoms with Gasteiger partial charge in [-0.3, -0.25) is 4.90 Å². The molecule has 25 heavy (non-hydrogen) atoms. The lowest BCUT2D eigenvalue weighted by molar-refractivity contribution is 0.145.